The number of rotatable bonds is 5. The van der Waals surface area contributed by atoms with E-state index >= 15 is 0 Å². The average Bonchev–Trinajstić information content (AvgIpc) is 3.52. The van der Waals surface area contributed by atoms with E-state index in [2.05, 4.69) is 202 Å². The number of hydrogen-bond donors (Lipinski definition) is 0. The van der Waals surface area contributed by atoms with E-state index in [-0.39, 0.29) is 5.41 Å². The van der Waals surface area contributed by atoms with Crippen molar-refractivity contribution in [1.29, 1.82) is 0 Å². The molecule has 1 heterocycles. The number of fused-ring (bicyclic) bond motifs is 7. The molecule has 0 saturated heterocycles. The molecule has 9 aromatic carbocycles. The van der Waals surface area contributed by atoms with Gasteiger partial charge in [-0.3, -0.25) is 0 Å². The third kappa shape index (κ3) is 5.40. The van der Waals surface area contributed by atoms with Gasteiger partial charge >= 0.3 is 0 Å². The molecule has 0 spiro atoms. The van der Waals surface area contributed by atoms with Gasteiger partial charge in [0.05, 0.1) is 11.4 Å². The Balaban J connectivity index is 1.05. The molecule has 0 aliphatic heterocycles. The summed E-state index contributed by atoms with van der Waals surface area (Å²) < 4.78 is 0. The molecule has 0 radical (unpaired) electrons. The van der Waals surface area contributed by atoms with Gasteiger partial charge in [-0.05, 0) is 95.0 Å². The summed E-state index contributed by atoms with van der Waals surface area (Å²) in [4.78, 5) is 10.6. The molecular weight excluding hydrogens is 689 g/mol. The topological polar surface area (TPSA) is 25.8 Å². The highest BCUT2D eigenvalue weighted by Gasteiger charge is 2.38. The van der Waals surface area contributed by atoms with E-state index in [0.717, 1.165) is 33.5 Å². The van der Waals surface area contributed by atoms with Crippen LogP contribution in [0.4, 0.5) is 0 Å². The van der Waals surface area contributed by atoms with Gasteiger partial charge in [0, 0.05) is 22.1 Å². The van der Waals surface area contributed by atoms with Crippen LogP contribution in [-0.2, 0) is 5.41 Å². The van der Waals surface area contributed by atoms with Crippen LogP contribution in [0.3, 0.4) is 0 Å². The third-order valence-electron chi connectivity index (χ3n) is 12.1. The lowest BCUT2D eigenvalue weighted by molar-refractivity contribution is 0.662. The molecule has 0 fully saturated rings. The Morgan fingerprint density at radius 2 is 0.912 bits per heavy atom. The van der Waals surface area contributed by atoms with E-state index in [0.29, 0.717) is 5.82 Å². The van der Waals surface area contributed by atoms with Crippen molar-refractivity contribution < 1.29 is 0 Å². The summed E-state index contributed by atoms with van der Waals surface area (Å²) in [5.74, 6) is 0.713. The number of nitrogens with zero attached hydrogens (tertiary/aromatic N) is 2. The van der Waals surface area contributed by atoms with Crippen molar-refractivity contribution in [1.82, 2.24) is 9.97 Å². The highest BCUT2D eigenvalue weighted by Crippen LogP contribution is 2.55. The van der Waals surface area contributed by atoms with Crippen LogP contribution in [0.2, 0.25) is 0 Å². The summed E-state index contributed by atoms with van der Waals surface area (Å²) in [5, 5.41) is 7.40. The minimum absolute atomic E-state index is 0.170. The van der Waals surface area contributed by atoms with Crippen molar-refractivity contribution in [2.24, 2.45) is 0 Å². The van der Waals surface area contributed by atoms with Gasteiger partial charge in [-0.25, -0.2) is 9.97 Å². The number of aromatic nitrogens is 2. The fraction of sp³-hybridized carbons (Fsp3) is 0.0545. The van der Waals surface area contributed by atoms with E-state index < -0.39 is 0 Å². The van der Waals surface area contributed by atoms with Crippen LogP contribution in [0.1, 0.15) is 25.0 Å². The Bertz CT molecular complexity index is 3190. The lowest BCUT2D eigenvalue weighted by Gasteiger charge is -2.25. The first-order valence-corrected chi connectivity index (χ1v) is 19.7. The minimum atomic E-state index is -0.170. The van der Waals surface area contributed by atoms with Crippen LogP contribution in [0.5, 0.6) is 0 Å². The maximum atomic E-state index is 5.32. The van der Waals surface area contributed by atoms with Gasteiger partial charge in [-0.2, -0.15) is 0 Å². The summed E-state index contributed by atoms with van der Waals surface area (Å²) in [6.45, 7) is 4.76. The summed E-state index contributed by atoms with van der Waals surface area (Å²) in [7, 11) is 0. The Kier molecular flexibility index (Phi) is 7.55. The first-order chi connectivity index (χ1) is 28.0. The molecule has 1 aliphatic carbocycles. The maximum Gasteiger partial charge on any atom is 0.161 e. The van der Waals surface area contributed by atoms with E-state index in [4.69, 9.17) is 9.97 Å². The average molecular weight is 727 g/mol. The first kappa shape index (κ1) is 33.2. The molecular formula is C55H38N2. The van der Waals surface area contributed by atoms with Crippen molar-refractivity contribution in [2.45, 2.75) is 19.3 Å². The molecule has 0 atom stereocenters. The molecule has 0 amide bonds. The zero-order chi connectivity index (χ0) is 38.1. The summed E-state index contributed by atoms with van der Waals surface area (Å²) in [6, 6.07) is 70.0. The minimum Gasteiger partial charge on any atom is -0.228 e. The van der Waals surface area contributed by atoms with Crippen LogP contribution in [0.25, 0.3) is 99.6 Å². The van der Waals surface area contributed by atoms with Gasteiger partial charge in [-0.15, -0.1) is 0 Å². The fourth-order valence-corrected chi connectivity index (χ4v) is 9.28. The molecule has 11 rings (SSSR count). The Morgan fingerprint density at radius 1 is 0.351 bits per heavy atom. The molecule has 57 heavy (non-hydrogen) atoms. The maximum absolute atomic E-state index is 5.32. The summed E-state index contributed by atoms with van der Waals surface area (Å²) >= 11 is 0. The van der Waals surface area contributed by atoms with Crippen molar-refractivity contribution in [3.63, 3.8) is 0 Å². The smallest absolute Gasteiger partial charge is 0.161 e. The second-order valence-electron chi connectivity index (χ2n) is 15.7. The number of benzene rings is 9. The van der Waals surface area contributed by atoms with Crippen molar-refractivity contribution in [2.75, 3.05) is 0 Å². The molecule has 0 saturated carbocycles. The summed E-state index contributed by atoms with van der Waals surface area (Å²) in [5.41, 5.74) is 15.1. The van der Waals surface area contributed by atoms with Gasteiger partial charge in [0.1, 0.15) is 0 Å². The molecule has 0 N–H and O–H groups in total. The van der Waals surface area contributed by atoms with E-state index in [1.54, 1.807) is 0 Å². The third-order valence-corrected chi connectivity index (χ3v) is 12.1. The molecule has 2 heteroatoms. The largest absolute Gasteiger partial charge is 0.228 e. The Morgan fingerprint density at radius 3 is 1.68 bits per heavy atom. The zero-order valence-electron chi connectivity index (χ0n) is 31.9. The van der Waals surface area contributed by atoms with Crippen LogP contribution in [0, 0.1) is 0 Å². The van der Waals surface area contributed by atoms with Gasteiger partial charge in [0.2, 0.25) is 0 Å². The zero-order valence-corrected chi connectivity index (χ0v) is 31.9. The first-order valence-electron chi connectivity index (χ1n) is 19.7. The van der Waals surface area contributed by atoms with Gasteiger partial charge in [-0.1, -0.05) is 190 Å². The van der Waals surface area contributed by atoms with Gasteiger partial charge in [0.25, 0.3) is 0 Å². The predicted molar refractivity (Wildman–Crippen MR) is 239 cm³/mol. The van der Waals surface area contributed by atoms with Gasteiger partial charge in [0.15, 0.2) is 5.82 Å². The quantitative estimate of drug-likeness (QED) is 0.176. The van der Waals surface area contributed by atoms with Crippen LogP contribution in [0.15, 0.2) is 194 Å². The van der Waals surface area contributed by atoms with E-state index in [9.17, 15) is 0 Å². The predicted octanol–water partition coefficient (Wildman–Crippen LogP) is 14.6. The molecule has 268 valence electrons. The Hall–Kier alpha value is -7.16. The highest BCUT2D eigenvalue weighted by atomic mass is 14.9. The molecule has 2 nitrogen and oxygen atoms in total. The van der Waals surface area contributed by atoms with Crippen LogP contribution in [-0.4, -0.2) is 9.97 Å². The van der Waals surface area contributed by atoms with Crippen molar-refractivity contribution >= 4 is 32.3 Å². The van der Waals surface area contributed by atoms with Crippen LogP contribution >= 0.6 is 0 Å². The van der Waals surface area contributed by atoms with Gasteiger partial charge < -0.3 is 0 Å². The van der Waals surface area contributed by atoms with Crippen molar-refractivity contribution in [3.8, 4) is 67.3 Å². The van der Waals surface area contributed by atoms with Crippen LogP contribution < -0.4 is 0 Å². The molecule has 0 unspecified atom stereocenters. The lowest BCUT2D eigenvalue weighted by Crippen LogP contribution is -2.16. The molecule has 0 bridgehead atoms. The fourth-order valence-electron chi connectivity index (χ4n) is 9.28. The SMILES string of the molecule is CC1(C)c2ccc3ccccc3c2-c2cccc(-c3ccc(-c4nc(-c5ccccc5)cc(-c5ccc(-c6ccc7ccccc7c6)cc5)n4)c4ccccc34)c21. The monoisotopic (exact) mass is 726 g/mol. The second kappa shape index (κ2) is 13.0. The highest BCUT2D eigenvalue weighted by molar-refractivity contribution is 6.08. The summed E-state index contributed by atoms with van der Waals surface area (Å²) in [6.07, 6.45) is 0. The van der Waals surface area contributed by atoms with E-state index in [1.807, 2.05) is 6.07 Å². The number of hydrogen-bond acceptors (Lipinski definition) is 2. The Labute approximate surface area is 332 Å². The van der Waals surface area contributed by atoms with Crippen molar-refractivity contribution in [3.05, 3.63) is 205 Å². The lowest BCUT2D eigenvalue weighted by atomic mass is 9.78. The van der Waals surface area contributed by atoms with E-state index in [1.165, 1.54) is 71.4 Å². The molecule has 1 aliphatic rings. The normalized spacial score (nSPS) is 12.9. The molecule has 10 aromatic rings. The second-order valence-corrected chi connectivity index (χ2v) is 15.7. The standard InChI is InChI=1S/C55H38N2/c1-55(2)49-32-29-37-14-8-9-18-42(37)52(49)48-22-12-21-46(53(48)55)45-30-31-47(44-20-11-10-19-43(44)45)54-56-50(38-15-4-3-5-16-38)34-51(57-54)39-26-23-36(24-27-39)41-28-25-35-13-6-7-17-40(35)33-41/h3-34H,1-2H3. The molecule has 1 aromatic heterocycles.